The molecule has 0 bridgehead atoms. The third-order valence-corrected chi connectivity index (χ3v) is 2.85. The quantitative estimate of drug-likeness (QED) is 0.688. The molecule has 0 atom stereocenters. The number of hydrogen-bond acceptors (Lipinski definition) is 3. The summed E-state index contributed by atoms with van der Waals surface area (Å²) in [6.45, 7) is 3.58. The Bertz CT molecular complexity index is 278. The number of ketones is 1. The van der Waals surface area contributed by atoms with E-state index in [1.54, 1.807) is 6.92 Å². The van der Waals surface area contributed by atoms with Gasteiger partial charge in [-0.2, -0.15) is 0 Å². The minimum atomic E-state index is 0.139. The fourth-order valence-corrected chi connectivity index (χ4v) is 1.83. The molecule has 0 saturated carbocycles. The van der Waals surface area contributed by atoms with Crippen molar-refractivity contribution in [1.29, 1.82) is 0 Å². The molecule has 1 rings (SSSR count). The standard InChI is InChI=1S/C8H11NOS/c1-5-4-7(6(2)10)11-8(5)9-3/h4,9H,1-3H3. The van der Waals surface area contributed by atoms with Crippen LogP contribution in [0.1, 0.15) is 22.2 Å². The summed E-state index contributed by atoms with van der Waals surface area (Å²) in [5, 5.41) is 4.12. The van der Waals surface area contributed by atoms with Gasteiger partial charge in [0.25, 0.3) is 0 Å². The van der Waals surface area contributed by atoms with Crippen LogP contribution in [0.25, 0.3) is 0 Å². The molecule has 0 aliphatic carbocycles. The SMILES string of the molecule is CNc1sc(C(C)=O)cc1C. The summed E-state index contributed by atoms with van der Waals surface area (Å²) >= 11 is 1.51. The molecule has 1 aromatic rings. The number of aryl methyl sites for hydroxylation is 1. The van der Waals surface area contributed by atoms with Gasteiger partial charge in [0.1, 0.15) is 0 Å². The highest BCUT2D eigenvalue weighted by Crippen LogP contribution is 2.26. The molecule has 1 aromatic heterocycles. The maximum atomic E-state index is 10.9. The zero-order valence-electron chi connectivity index (χ0n) is 6.89. The van der Waals surface area contributed by atoms with Gasteiger partial charge < -0.3 is 5.32 Å². The number of nitrogens with one attached hydrogen (secondary N) is 1. The Kier molecular flexibility index (Phi) is 2.29. The predicted octanol–water partition coefficient (Wildman–Crippen LogP) is 2.30. The van der Waals surface area contributed by atoms with E-state index in [1.165, 1.54) is 11.3 Å². The Morgan fingerprint density at radius 1 is 1.64 bits per heavy atom. The maximum Gasteiger partial charge on any atom is 0.169 e. The summed E-state index contributed by atoms with van der Waals surface area (Å²) in [4.78, 5) is 11.7. The first-order valence-corrected chi connectivity index (χ1v) is 4.26. The molecule has 0 radical (unpaired) electrons. The first-order chi connectivity index (χ1) is 5.15. The number of Topliss-reactive ketones (excluding diaryl/α,β-unsaturated/α-hetero) is 1. The summed E-state index contributed by atoms with van der Waals surface area (Å²) < 4.78 is 0. The predicted molar refractivity (Wildman–Crippen MR) is 48.6 cm³/mol. The highest BCUT2D eigenvalue weighted by atomic mass is 32.1. The number of rotatable bonds is 2. The van der Waals surface area contributed by atoms with E-state index in [4.69, 9.17) is 0 Å². The van der Waals surface area contributed by atoms with Gasteiger partial charge in [0.15, 0.2) is 5.78 Å². The van der Waals surface area contributed by atoms with E-state index in [-0.39, 0.29) is 5.78 Å². The van der Waals surface area contributed by atoms with Crippen LogP contribution >= 0.6 is 11.3 Å². The van der Waals surface area contributed by atoms with Gasteiger partial charge in [-0.3, -0.25) is 4.79 Å². The van der Waals surface area contributed by atoms with E-state index in [1.807, 2.05) is 20.0 Å². The van der Waals surface area contributed by atoms with Crippen molar-refractivity contribution in [2.24, 2.45) is 0 Å². The van der Waals surface area contributed by atoms with Crippen LogP contribution in [-0.4, -0.2) is 12.8 Å². The summed E-state index contributed by atoms with van der Waals surface area (Å²) in [5.41, 5.74) is 1.14. The van der Waals surface area contributed by atoms with Gasteiger partial charge in [0, 0.05) is 7.05 Å². The van der Waals surface area contributed by atoms with Crippen LogP contribution in [0.15, 0.2) is 6.07 Å². The van der Waals surface area contributed by atoms with E-state index in [0.29, 0.717) is 0 Å². The molecule has 3 heteroatoms. The molecule has 0 saturated heterocycles. The second-order valence-corrected chi connectivity index (χ2v) is 3.48. The Morgan fingerprint density at radius 3 is 2.55 bits per heavy atom. The Morgan fingerprint density at radius 2 is 2.27 bits per heavy atom. The summed E-state index contributed by atoms with van der Waals surface area (Å²) in [6.07, 6.45) is 0. The number of carbonyl (C=O) groups excluding carboxylic acids is 1. The molecule has 60 valence electrons. The van der Waals surface area contributed by atoms with Crippen molar-refractivity contribution < 1.29 is 4.79 Å². The summed E-state index contributed by atoms with van der Waals surface area (Å²) in [7, 11) is 1.86. The fraction of sp³-hybridized carbons (Fsp3) is 0.375. The minimum absolute atomic E-state index is 0.139. The van der Waals surface area contributed by atoms with Gasteiger partial charge in [0.2, 0.25) is 0 Å². The van der Waals surface area contributed by atoms with Crippen molar-refractivity contribution in [2.45, 2.75) is 13.8 Å². The van der Waals surface area contributed by atoms with Gasteiger partial charge >= 0.3 is 0 Å². The summed E-state index contributed by atoms with van der Waals surface area (Å²) in [6, 6.07) is 1.92. The number of anilines is 1. The normalized spacial score (nSPS) is 9.73. The average molecular weight is 169 g/mol. The van der Waals surface area contributed by atoms with Gasteiger partial charge in [-0.1, -0.05) is 0 Å². The molecule has 0 unspecified atom stereocenters. The van der Waals surface area contributed by atoms with Gasteiger partial charge in [-0.05, 0) is 25.5 Å². The maximum absolute atomic E-state index is 10.9. The molecule has 11 heavy (non-hydrogen) atoms. The van der Waals surface area contributed by atoms with Crippen LogP contribution in [0, 0.1) is 6.92 Å². The summed E-state index contributed by atoms with van der Waals surface area (Å²) in [5.74, 6) is 0.139. The molecule has 0 aromatic carbocycles. The lowest BCUT2D eigenvalue weighted by Gasteiger charge is -1.92. The molecule has 2 nitrogen and oxygen atoms in total. The van der Waals surface area contributed by atoms with E-state index in [2.05, 4.69) is 5.32 Å². The van der Waals surface area contributed by atoms with Crippen molar-refractivity contribution in [3.8, 4) is 0 Å². The lowest BCUT2D eigenvalue weighted by Crippen LogP contribution is -1.84. The van der Waals surface area contributed by atoms with E-state index in [0.717, 1.165) is 15.4 Å². The Labute approximate surface area is 70.2 Å². The van der Waals surface area contributed by atoms with Crippen molar-refractivity contribution >= 4 is 22.1 Å². The van der Waals surface area contributed by atoms with Crippen molar-refractivity contribution in [2.75, 3.05) is 12.4 Å². The molecular formula is C8H11NOS. The van der Waals surface area contributed by atoms with Crippen molar-refractivity contribution in [3.05, 3.63) is 16.5 Å². The Balaban J connectivity index is 3.05. The van der Waals surface area contributed by atoms with Crippen LogP contribution < -0.4 is 5.32 Å². The second kappa shape index (κ2) is 3.05. The molecule has 0 aliphatic heterocycles. The second-order valence-electron chi connectivity index (χ2n) is 2.43. The van der Waals surface area contributed by atoms with Gasteiger partial charge in [-0.15, -0.1) is 11.3 Å². The highest BCUT2D eigenvalue weighted by molar-refractivity contribution is 7.18. The van der Waals surface area contributed by atoms with Crippen LogP contribution in [0.2, 0.25) is 0 Å². The van der Waals surface area contributed by atoms with E-state index >= 15 is 0 Å². The van der Waals surface area contributed by atoms with Crippen LogP contribution in [0.5, 0.6) is 0 Å². The molecule has 0 spiro atoms. The number of carbonyl (C=O) groups is 1. The largest absolute Gasteiger partial charge is 0.380 e. The third kappa shape index (κ3) is 1.60. The van der Waals surface area contributed by atoms with Gasteiger partial charge in [0.05, 0.1) is 9.88 Å². The smallest absolute Gasteiger partial charge is 0.169 e. The monoisotopic (exact) mass is 169 g/mol. The van der Waals surface area contributed by atoms with Crippen LogP contribution in [0.3, 0.4) is 0 Å². The average Bonchev–Trinajstić information content (AvgIpc) is 2.31. The fourth-order valence-electron chi connectivity index (χ4n) is 0.904. The topological polar surface area (TPSA) is 29.1 Å². The molecule has 1 heterocycles. The van der Waals surface area contributed by atoms with Gasteiger partial charge in [-0.25, -0.2) is 0 Å². The molecule has 0 aliphatic rings. The Hall–Kier alpha value is -0.830. The lowest BCUT2D eigenvalue weighted by molar-refractivity contribution is 0.102. The lowest BCUT2D eigenvalue weighted by atomic mass is 10.3. The van der Waals surface area contributed by atoms with Crippen molar-refractivity contribution in [1.82, 2.24) is 0 Å². The first-order valence-electron chi connectivity index (χ1n) is 3.44. The third-order valence-electron chi connectivity index (χ3n) is 1.49. The molecular weight excluding hydrogens is 158 g/mol. The van der Waals surface area contributed by atoms with E-state index < -0.39 is 0 Å². The van der Waals surface area contributed by atoms with Crippen LogP contribution in [-0.2, 0) is 0 Å². The number of hydrogen-bond donors (Lipinski definition) is 1. The first kappa shape index (κ1) is 8.27. The number of thiophene rings is 1. The van der Waals surface area contributed by atoms with E-state index in [9.17, 15) is 4.79 Å². The highest BCUT2D eigenvalue weighted by Gasteiger charge is 2.06. The zero-order chi connectivity index (χ0) is 8.43. The zero-order valence-corrected chi connectivity index (χ0v) is 7.71. The molecule has 1 N–H and O–H groups in total. The molecule has 0 amide bonds. The molecule has 0 fully saturated rings. The van der Waals surface area contributed by atoms with Crippen LogP contribution in [0.4, 0.5) is 5.00 Å². The minimum Gasteiger partial charge on any atom is -0.380 e. The van der Waals surface area contributed by atoms with Crippen molar-refractivity contribution in [3.63, 3.8) is 0 Å².